The summed E-state index contributed by atoms with van der Waals surface area (Å²) in [6.45, 7) is 2.62. The van der Waals surface area contributed by atoms with Gasteiger partial charge in [-0.05, 0) is 41.6 Å². The molecule has 0 spiro atoms. The van der Waals surface area contributed by atoms with E-state index >= 15 is 0 Å². The highest BCUT2D eigenvalue weighted by Crippen LogP contribution is 2.36. The van der Waals surface area contributed by atoms with Crippen LogP contribution in [0.4, 0.5) is 10.5 Å². The first-order valence-corrected chi connectivity index (χ1v) is 9.24. The molecule has 0 unspecified atom stereocenters. The van der Waals surface area contributed by atoms with Crippen LogP contribution < -0.4 is 4.90 Å². The molecule has 25 heavy (non-hydrogen) atoms. The van der Waals surface area contributed by atoms with Crippen LogP contribution in [0.3, 0.4) is 0 Å². The van der Waals surface area contributed by atoms with Gasteiger partial charge < -0.3 is 4.74 Å². The summed E-state index contributed by atoms with van der Waals surface area (Å²) >= 11 is 1.69. The molecule has 0 aliphatic carbocycles. The predicted octanol–water partition coefficient (Wildman–Crippen LogP) is 5.68. The fraction of sp³-hybridized carbons (Fsp3) is 0.190. The van der Waals surface area contributed by atoms with E-state index in [0.717, 1.165) is 23.2 Å². The van der Waals surface area contributed by atoms with E-state index in [9.17, 15) is 4.79 Å². The Balaban J connectivity index is 1.58. The summed E-state index contributed by atoms with van der Waals surface area (Å²) in [4.78, 5) is 15.6. The highest BCUT2D eigenvalue weighted by Gasteiger charge is 2.38. The SMILES string of the molecule is C[C@]1(c2ccccc2)CCN(c2cccc(-c3cccs3)c2)C(=O)O1. The summed E-state index contributed by atoms with van der Waals surface area (Å²) in [6.07, 6.45) is 0.465. The second-order valence-electron chi connectivity index (χ2n) is 6.39. The second-order valence-corrected chi connectivity index (χ2v) is 7.34. The number of rotatable bonds is 3. The molecule has 3 aromatic rings. The van der Waals surface area contributed by atoms with Crippen LogP contribution in [0.5, 0.6) is 0 Å². The minimum absolute atomic E-state index is 0.291. The predicted molar refractivity (Wildman–Crippen MR) is 102 cm³/mol. The van der Waals surface area contributed by atoms with Gasteiger partial charge in [0.15, 0.2) is 0 Å². The summed E-state index contributed by atoms with van der Waals surface area (Å²) in [5.74, 6) is 0. The fourth-order valence-corrected chi connectivity index (χ4v) is 3.94. The smallest absolute Gasteiger partial charge is 0.415 e. The van der Waals surface area contributed by atoms with Crippen LogP contribution in [0.2, 0.25) is 0 Å². The zero-order chi connectivity index (χ0) is 17.3. The normalized spacial score (nSPS) is 20.4. The molecule has 1 atom stereocenters. The van der Waals surface area contributed by atoms with Gasteiger partial charge in [-0.2, -0.15) is 0 Å². The van der Waals surface area contributed by atoms with Crippen molar-refractivity contribution < 1.29 is 9.53 Å². The van der Waals surface area contributed by atoms with Crippen molar-refractivity contribution in [3.05, 3.63) is 77.7 Å². The zero-order valence-corrected chi connectivity index (χ0v) is 14.8. The number of cyclic esters (lactones) is 1. The van der Waals surface area contributed by atoms with E-state index < -0.39 is 5.60 Å². The lowest BCUT2D eigenvalue weighted by Crippen LogP contribution is -2.46. The Morgan fingerprint density at radius 2 is 1.88 bits per heavy atom. The van der Waals surface area contributed by atoms with Crippen LogP contribution in [0.1, 0.15) is 18.9 Å². The maximum Gasteiger partial charge on any atom is 0.415 e. The van der Waals surface area contributed by atoms with E-state index in [1.54, 1.807) is 16.2 Å². The third-order valence-electron chi connectivity index (χ3n) is 4.69. The topological polar surface area (TPSA) is 29.5 Å². The molecule has 1 amide bonds. The van der Waals surface area contributed by atoms with Crippen molar-refractivity contribution in [3.63, 3.8) is 0 Å². The molecule has 3 nitrogen and oxygen atoms in total. The zero-order valence-electron chi connectivity index (χ0n) is 14.0. The van der Waals surface area contributed by atoms with Crippen LogP contribution >= 0.6 is 11.3 Å². The minimum Gasteiger partial charge on any atom is -0.438 e. The van der Waals surface area contributed by atoms with E-state index in [4.69, 9.17) is 4.74 Å². The van der Waals surface area contributed by atoms with Crippen LogP contribution in [0.15, 0.2) is 72.1 Å². The summed E-state index contributed by atoms with van der Waals surface area (Å²) in [5, 5.41) is 2.06. The number of hydrogen-bond donors (Lipinski definition) is 0. The molecule has 2 aromatic carbocycles. The maximum atomic E-state index is 12.7. The van der Waals surface area contributed by atoms with E-state index in [1.807, 2.05) is 55.5 Å². The van der Waals surface area contributed by atoms with Crippen molar-refractivity contribution >= 4 is 23.1 Å². The second kappa shape index (κ2) is 6.37. The number of carbonyl (C=O) groups excluding carboxylic acids is 1. The summed E-state index contributed by atoms with van der Waals surface area (Å²) < 4.78 is 5.85. The van der Waals surface area contributed by atoms with Gasteiger partial charge in [0.1, 0.15) is 5.60 Å². The van der Waals surface area contributed by atoms with Crippen LogP contribution in [0.25, 0.3) is 10.4 Å². The average molecular weight is 349 g/mol. The fourth-order valence-electron chi connectivity index (χ4n) is 3.21. The van der Waals surface area contributed by atoms with Gasteiger partial charge in [0.2, 0.25) is 0 Å². The molecule has 0 saturated carbocycles. The molecular formula is C21H19NO2S. The first kappa shape index (κ1) is 15.9. The molecule has 1 fully saturated rings. The van der Waals surface area contributed by atoms with Crippen molar-refractivity contribution in [1.82, 2.24) is 0 Å². The van der Waals surface area contributed by atoms with Gasteiger partial charge in [-0.15, -0.1) is 11.3 Å². The van der Waals surface area contributed by atoms with E-state index in [-0.39, 0.29) is 6.09 Å². The van der Waals surface area contributed by atoms with E-state index in [2.05, 4.69) is 23.6 Å². The standard InChI is InChI=1S/C21H19NO2S/c1-21(17-8-3-2-4-9-17)12-13-22(20(23)24-21)18-10-5-7-16(15-18)19-11-6-14-25-19/h2-11,14-15H,12-13H2,1H3/t21-/m1/s1. The molecule has 4 rings (SSSR count). The first-order chi connectivity index (χ1) is 12.2. The van der Waals surface area contributed by atoms with Crippen LogP contribution in [-0.2, 0) is 10.3 Å². The Morgan fingerprint density at radius 1 is 1.04 bits per heavy atom. The molecule has 2 heterocycles. The lowest BCUT2D eigenvalue weighted by molar-refractivity contribution is 0.00583. The Hall–Kier alpha value is -2.59. The summed E-state index contributed by atoms with van der Waals surface area (Å²) in [7, 11) is 0. The molecule has 1 aromatic heterocycles. The molecule has 0 bridgehead atoms. The van der Waals surface area contributed by atoms with Gasteiger partial charge in [0, 0.05) is 23.5 Å². The number of benzene rings is 2. The van der Waals surface area contributed by atoms with Crippen molar-refractivity contribution in [3.8, 4) is 10.4 Å². The van der Waals surface area contributed by atoms with Gasteiger partial charge in [-0.3, -0.25) is 4.90 Å². The lowest BCUT2D eigenvalue weighted by atomic mass is 9.91. The van der Waals surface area contributed by atoms with Gasteiger partial charge in [0.25, 0.3) is 0 Å². The van der Waals surface area contributed by atoms with Crippen LogP contribution in [0, 0.1) is 0 Å². The lowest BCUT2D eigenvalue weighted by Gasteiger charge is -2.39. The number of thiophene rings is 1. The highest BCUT2D eigenvalue weighted by molar-refractivity contribution is 7.13. The number of carbonyl (C=O) groups is 1. The van der Waals surface area contributed by atoms with Gasteiger partial charge in [-0.25, -0.2) is 4.79 Å². The van der Waals surface area contributed by atoms with Crippen molar-refractivity contribution in [2.75, 3.05) is 11.4 Å². The molecule has 1 aliphatic heterocycles. The molecule has 1 saturated heterocycles. The van der Waals surface area contributed by atoms with E-state index in [1.165, 1.54) is 4.88 Å². The first-order valence-electron chi connectivity index (χ1n) is 8.36. The quantitative estimate of drug-likeness (QED) is 0.609. The number of amides is 1. The molecule has 126 valence electrons. The largest absolute Gasteiger partial charge is 0.438 e. The molecule has 0 N–H and O–H groups in total. The molecule has 1 aliphatic rings. The molecule has 4 heteroatoms. The summed E-state index contributed by atoms with van der Waals surface area (Å²) in [6, 6.07) is 22.2. The number of nitrogens with zero attached hydrogens (tertiary/aromatic N) is 1. The van der Waals surface area contributed by atoms with Crippen LogP contribution in [-0.4, -0.2) is 12.6 Å². The Bertz CT molecular complexity index is 876. The third kappa shape index (κ3) is 3.05. The number of ether oxygens (including phenoxy) is 1. The minimum atomic E-state index is -0.569. The molecule has 0 radical (unpaired) electrons. The Morgan fingerprint density at radius 3 is 2.60 bits per heavy atom. The molecular weight excluding hydrogens is 330 g/mol. The highest BCUT2D eigenvalue weighted by atomic mass is 32.1. The maximum absolute atomic E-state index is 12.7. The Labute approximate surface area is 151 Å². The summed E-state index contributed by atoms with van der Waals surface area (Å²) in [5.41, 5.74) is 2.47. The van der Waals surface area contributed by atoms with Crippen molar-refractivity contribution in [2.45, 2.75) is 18.9 Å². The monoisotopic (exact) mass is 349 g/mol. The Kier molecular flexibility index (Phi) is 4.06. The average Bonchev–Trinajstić information content (AvgIpc) is 3.17. The van der Waals surface area contributed by atoms with Crippen molar-refractivity contribution in [1.29, 1.82) is 0 Å². The van der Waals surface area contributed by atoms with Crippen molar-refractivity contribution in [2.24, 2.45) is 0 Å². The number of anilines is 1. The van der Waals surface area contributed by atoms with Gasteiger partial charge >= 0.3 is 6.09 Å². The number of hydrogen-bond acceptors (Lipinski definition) is 3. The van der Waals surface area contributed by atoms with Gasteiger partial charge in [0.05, 0.1) is 0 Å². The third-order valence-corrected chi connectivity index (χ3v) is 5.61. The van der Waals surface area contributed by atoms with Gasteiger partial charge in [-0.1, -0.05) is 48.5 Å². The van der Waals surface area contributed by atoms with E-state index in [0.29, 0.717) is 6.54 Å².